The second-order valence-corrected chi connectivity index (χ2v) is 6.84. The summed E-state index contributed by atoms with van der Waals surface area (Å²) in [5.41, 5.74) is 0.883. The molecule has 1 aliphatic rings. The van der Waals surface area contributed by atoms with E-state index in [1.54, 1.807) is 18.2 Å². The fraction of sp³-hybridized carbons (Fsp3) is 0.188. The Kier molecular flexibility index (Phi) is 4.51. The Morgan fingerprint density at radius 1 is 1.20 bits per heavy atom. The highest BCUT2D eigenvalue weighted by Crippen LogP contribution is 2.32. The van der Waals surface area contributed by atoms with Crippen molar-refractivity contribution in [3.63, 3.8) is 0 Å². The minimum atomic E-state index is -3.92. The van der Waals surface area contributed by atoms with Gasteiger partial charge in [0.25, 0.3) is 5.91 Å². The number of carbonyl (C=O) groups excluding carboxylic acids is 1. The summed E-state index contributed by atoms with van der Waals surface area (Å²) in [6.07, 6.45) is 0. The minimum Gasteiger partial charge on any atom is -0.496 e. The maximum atomic E-state index is 12.4. The second kappa shape index (κ2) is 6.61. The monoisotopic (exact) mass is 364 g/mol. The van der Waals surface area contributed by atoms with Gasteiger partial charge in [-0.15, -0.1) is 0 Å². The number of benzene rings is 2. The van der Waals surface area contributed by atoms with Crippen LogP contribution in [0.5, 0.6) is 17.2 Å². The summed E-state index contributed by atoms with van der Waals surface area (Å²) >= 11 is 0. The van der Waals surface area contributed by atoms with Crippen molar-refractivity contribution < 1.29 is 27.4 Å². The maximum absolute atomic E-state index is 12.4. The summed E-state index contributed by atoms with van der Waals surface area (Å²) in [5.74, 6) is 1.02. The molecule has 0 saturated carbocycles. The van der Waals surface area contributed by atoms with Crippen molar-refractivity contribution in [2.45, 2.75) is 11.4 Å². The molecule has 2 aromatic rings. The Balaban J connectivity index is 1.78. The predicted octanol–water partition coefficient (Wildman–Crippen LogP) is 1.00. The number of rotatable bonds is 5. The molecule has 0 aromatic heterocycles. The van der Waals surface area contributed by atoms with E-state index in [9.17, 15) is 13.2 Å². The van der Waals surface area contributed by atoms with E-state index in [0.29, 0.717) is 11.5 Å². The van der Waals surface area contributed by atoms with Gasteiger partial charge in [-0.3, -0.25) is 4.79 Å². The average Bonchev–Trinajstić information content (AvgIpc) is 3.06. The Labute approximate surface area is 144 Å². The van der Waals surface area contributed by atoms with Crippen LogP contribution in [0.3, 0.4) is 0 Å². The number of nitrogens with two attached hydrogens (primary N) is 1. The molecule has 8 nitrogen and oxygen atoms in total. The van der Waals surface area contributed by atoms with Crippen LogP contribution in [0.2, 0.25) is 0 Å². The number of nitrogens with one attached hydrogen (secondary N) is 1. The Bertz CT molecular complexity index is 926. The van der Waals surface area contributed by atoms with Crippen molar-refractivity contribution in [1.29, 1.82) is 0 Å². The van der Waals surface area contributed by atoms with Crippen molar-refractivity contribution in [1.82, 2.24) is 5.32 Å². The topological polar surface area (TPSA) is 117 Å². The highest BCUT2D eigenvalue weighted by Gasteiger charge is 2.18. The fourth-order valence-electron chi connectivity index (χ4n) is 2.37. The van der Waals surface area contributed by atoms with E-state index >= 15 is 0 Å². The first-order valence-corrected chi connectivity index (χ1v) is 8.80. The van der Waals surface area contributed by atoms with Gasteiger partial charge >= 0.3 is 0 Å². The first-order valence-electron chi connectivity index (χ1n) is 7.26. The second-order valence-electron chi connectivity index (χ2n) is 5.28. The third kappa shape index (κ3) is 3.67. The lowest BCUT2D eigenvalue weighted by molar-refractivity contribution is 0.0947. The molecule has 0 saturated heterocycles. The third-order valence-corrected chi connectivity index (χ3v) is 4.55. The number of primary sulfonamides is 1. The highest BCUT2D eigenvalue weighted by molar-refractivity contribution is 7.89. The van der Waals surface area contributed by atoms with Crippen LogP contribution in [0.25, 0.3) is 0 Å². The van der Waals surface area contributed by atoms with Crippen molar-refractivity contribution in [3.05, 3.63) is 47.5 Å². The highest BCUT2D eigenvalue weighted by atomic mass is 32.2. The Hall–Kier alpha value is -2.78. The number of sulfonamides is 1. The number of ether oxygens (including phenoxy) is 3. The molecular formula is C16H16N2O6S. The number of carbonyl (C=O) groups is 1. The number of hydrogen-bond acceptors (Lipinski definition) is 6. The summed E-state index contributed by atoms with van der Waals surface area (Å²) < 4.78 is 38.6. The quantitative estimate of drug-likeness (QED) is 0.817. The van der Waals surface area contributed by atoms with Crippen LogP contribution in [0, 0.1) is 0 Å². The number of amides is 1. The lowest BCUT2D eigenvalue weighted by atomic mass is 10.1. The molecule has 132 valence electrons. The number of hydrogen-bond donors (Lipinski definition) is 2. The molecule has 9 heteroatoms. The van der Waals surface area contributed by atoms with E-state index in [1.807, 2.05) is 0 Å². The largest absolute Gasteiger partial charge is 0.496 e. The fourth-order valence-corrected chi connectivity index (χ4v) is 2.91. The van der Waals surface area contributed by atoms with Crippen molar-refractivity contribution in [2.75, 3.05) is 13.9 Å². The van der Waals surface area contributed by atoms with Gasteiger partial charge in [-0.25, -0.2) is 13.6 Å². The minimum absolute atomic E-state index is 0.0785. The van der Waals surface area contributed by atoms with E-state index in [4.69, 9.17) is 19.3 Å². The van der Waals surface area contributed by atoms with Crippen LogP contribution < -0.4 is 24.7 Å². The van der Waals surface area contributed by atoms with Gasteiger partial charge in [0.15, 0.2) is 11.5 Å². The SMILES string of the molecule is COc1ccc(S(N)(=O)=O)cc1C(=O)NCc1ccc2c(c1)OCO2. The zero-order chi connectivity index (χ0) is 18.0. The molecule has 25 heavy (non-hydrogen) atoms. The molecule has 0 spiro atoms. The molecule has 3 rings (SSSR count). The summed E-state index contributed by atoms with van der Waals surface area (Å²) in [5, 5.41) is 7.82. The number of fused-ring (bicyclic) bond motifs is 1. The van der Waals surface area contributed by atoms with Gasteiger partial charge in [0.2, 0.25) is 16.8 Å². The Morgan fingerprint density at radius 3 is 2.68 bits per heavy atom. The lowest BCUT2D eigenvalue weighted by Crippen LogP contribution is -2.24. The molecule has 0 aliphatic carbocycles. The van der Waals surface area contributed by atoms with E-state index in [0.717, 1.165) is 5.56 Å². The molecule has 1 aliphatic heterocycles. The summed E-state index contributed by atoms with van der Waals surface area (Å²) in [7, 11) is -2.53. The first-order chi connectivity index (χ1) is 11.9. The van der Waals surface area contributed by atoms with E-state index in [1.165, 1.54) is 25.3 Å². The van der Waals surface area contributed by atoms with Crippen LogP contribution in [-0.2, 0) is 16.6 Å². The van der Waals surface area contributed by atoms with Gasteiger partial charge in [-0.1, -0.05) is 6.07 Å². The zero-order valence-corrected chi connectivity index (χ0v) is 14.1. The van der Waals surface area contributed by atoms with E-state index in [2.05, 4.69) is 5.32 Å². The molecule has 3 N–H and O–H groups in total. The average molecular weight is 364 g/mol. The van der Waals surface area contributed by atoms with Crippen molar-refractivity contribution in [3.8, 4) is 17.2 Å². The summed E-state index contributed by atoms with van der Waals surface area (Å²) in [4.78, 5) is 12.3. The van der Waals surface area contributed by atoms with Gasteiger partial charge in [0.05, 0.1) is 17.6 Å². The van der Waals surface area contributed by atoms with Crippen LogP contribution in [-0.4, -0.2) is 28.2 Å². The Morgan fingerprint density at radius 2 is 1.96 bits per heavy atom. The molecule has 1 amide bonds. The van der Waals surface area contributed by atoms with Gasteiger partial charge in [0, 0.05) is 6.54 Å². The predicted molar refractivity (Wildman–Crippen MR) is 88.1 cm³/mol. The molecular weight excluding hydrogens is 348 g/mol. The molecule has 1 heterocycles. The molecule has 0 unspecified atom stereocenters. The van der Waals surface area contributed by atoms with Crippen LogP contribution in [0.15, 0.2) is 41.3 Å². The van der Waals surface area contributed by atoms with Gasteiger partial charge in [-0.2, -0.15) is 0 Å². The molecule has 0 bridgehead atoms. The van der Waals surface area contributed by atoms with Gasteiger partial charge < -0.3 is 19.5 Å². The van der Waals surface area contributed by atoms with Gasteiger partial charge in [-0.05, 0) is 35.9 Å². The first kappa shape index (κ1) is 17.1. The zero-order valence-electron chi connectivity index (χ0n) is 13.3. The molecule has 0 atom stereocenters. The summed E-state index contributed by atoms with van der Waals surface area (Å²) in [6, 6.07) is 9.17. The lowest BCUT2D eigenvalue weighted by Gasteiger charge is -2.11. The summed E-state index contributed by atoms with van der Waals surface area (Å²) in [6.45, 7) is 0.390. The number of methoxy groups -OCH3 is 1. The normalized spacial score (nSPS) is 12.7. The standard InChI is InChI=1S/C16H16N2O6S/c1-22-13-5-3-11(25(17,20)21)7-12(13)16(19)18-8-10-2-4-14-15(6-10)24-9-23-14/h2-7H,8-9H2,1H3,(H,18,19)(H2,17,20,21). The molecule has 0 radical (unpaired) electrons. The van der Waals surface area contributed by atoms with Crippen LogP contribution in [0.1, 0.15) is 15.9 Å². The van der Waals surface area contributed by atoms with E-state index in [-0.39, 0.29) is 29.5 Å². The van der Waals surface area contributed by atoms with E-state index < -0.39 is 15.9 Å². The van der Waals surface area contributed by atoms with Gasteiger partial charge in [0.1, 0.15) is 5.75 Å². The third-order valence-electron chi connectivity index (χ3n) is 3.63. The molecule has 0 fully saturated rings. The maximum Gasteiger partial charge on any atom is 0.255 e. The molecule has 2 aromatic carbocycles. The van der Waals surface area contributed by atoms with Crippen LogP contribution in [0.4, 0.5) is 0 Å². The van der Waals surface area contributed by atoms with Crippen LogP contribution >= 0.6 is 0 Å². The van der Waals surface area contributed by atoms with Crippen molar-refractivity contribution >= 4 is 15.9 Å². The van der Waals surface area contributed by atoms with Crippen molar-refractivity contribution in [2.24, 2.45) is 5.14 Å². The smallest absolute Gasteiger partial charge is 0.255 e.